The standard InChI is InChI=1S/C16H23N3O3/c1-10-8-13(10)14-5-4-12(22-14)9-19(11-2-3-11)7-6-15(20)18-16(17)21/h4-5,10-11,13H,2-3,6-9H2,1H3,(H3,17,18,20,21)/t10-,13+/m0/s1. The molecule has 3 N–H and O–H groups in total. The molecule has 1 heterocycles. The van der Waals surface area contributed by atoms with Crippen molar-refractivity contribution in [1.29, 1.82) is 0 Å². The maximum absolute atomic E-state index is 11.5. The molecule has 2 aliphatic carbocycles. The Morgan fingerprint density at radius 1 is 1.41 bits per heavy atom. The first-order chi connectivity index (χ1) is 10.5. The molecular weight excluding hydrogens is 282 g/mol. The molecule has 3 rings (SSSR count). The van der Waals surface area contributed by atoms with E-state index < -0.39 is 6.03 Å². The van der Waals surface area contributed by atoms with E-state index in [0.29, 0.717) is 18.5 Å². The van der Waals surface area contributed by atoms with Crippen LogP contribution in [0.5, 0.6) is 0 Å². The van der Waals surface area contributed by atoms with E-state index in [0.717, 1.165) is 36.8 Å². The quantitative estimate of drug-likeness (QED) is 0.806. The van der Waals surface area contributed by atoms with Crippen molar-refractivity contribution in [3.63, 3.8) is 0 Å². The highest BCUT2D eigenvalue weighted by Crippen LogP contribution is 2.47. The predicted molar refractivity (Wildman–Crippen MR) is 81.0 cm³/mol. The summed E-state index contributed by atoms with van der Waals surface area (Å²) < 4.78 is 5.94. The lowest BCUT2D eigenvalue weighted by atomic mass is 10.3. The van der Waals surface area contributed by atoms with Crippen molar-refractivity contribution in [2.45, 2.75) is 51.1 Å². The highest BCUT2D eigenvalue weighted by molar-refractivity contribution is 5.93. The summed E-state index contributed by atoms with van der Waals surface area (Å²) in [5.41, 5.74) is 4.94. The minimum Gasteiger partial charge on any atom is -0.464 e. The van der Waals surface area contributed by atoms with E-state index in [1.807, 2.05) is 6.07 Å². The lowest BCUT2D eigenvalue weighted by Gasteiger charge is -2.20. The maximum Gasteiger partial charge on any atom is 0.318 e. The van der Waals surface area contributed by atoms with Crippen LogP contribution >= 0.6 is 0 Å². The van der Waals surface area contributed by atoms with Gasteiger partial charge in [-0.2, -0.15) is 0 Å². The number of hydrogen-bond donors (Lipinski definition) is 2. The van der Waals surface area contributed by atoms with Gasteiger partial charge in [0.15, 0.2) is 0 Å². The van der Waals surface area contributed by atoms with Crippen molar-refractivity contribution in [2.75, 3.05) is 6.54 Å². The molecule has 0 aromatic carbocycles. The topological polar surface area (TPSA) is 88.6 Å². The van der Waals surface area contributed by atoms with Gasteiger partial charge in [0.1, 0.15) is 11.5 Å². The number of furan rings is 1. The Hall–Kier alpha value is -1.82. The summed E-state index contributed by atoms with van der Waals surface area (Å²) in [5.74, 6) is 3.03. The van der Waals surface area contributed by atoms with E-state index in [4.69, 9.17) is 10.2 Å². The highest BCUT2D eigenvalue weighted by atomic mass is 16.3. The number of nitrogens with two attached hydrogens (primary N) is 1. The Kier molecular flexibility index (Phi) is 4.20. The number of nitrogens with zero attached hydrogens (tertiary/aromatic N) is 1. The fraction of sp³-hybridized carbons (Fsp3) is 0.625. The van der Waals surface area contributed by atoms with Crippen LogP contribution in [-0.2, 0) is 11.3 Å². The van der Waals surface area contributed by atoms with Gasteiger partial charge in [0, 0.05) is 24.9 Å². The number of hydrogen-bond acceptors (Lipinski definition) is 4. The fourth-order valence-corrected chi connectivity index (χ4v) is 2.87. The van der Waals surface area contributed by atoms with Gasteiger partial charge in [0.05, 0.1) is 6.54 Å². The predicted octanol–water partition coefficient (Wildman–Crippen LogP) is 1.95. The molecule has 1 aromatic rings. The molecule has 2 atom stereocenters. The van der Waals surface area contributed by atoms with Gasteiger partial charge in [0.25, 0.3) is 0 Å². The molecule has 120 valence electrons. The fourth-order valence-electron chi connectivity index (χ4n) is 2.87. The number of nitrogens with one attached hydrogen (secondary N) is 1. The van der Waals surface area contributed by atoms with Crippen LogP contribution in [0.4, 0.5) is 4.79 Å². The monoisotopic (exact) mass is 305 g/mol. The van der Waals surface area contributed by atoms with Gasteiger partial charge < -0.3 is 10.2 Å². The zero-order valence-corrected chi connectivity index (χ0v) is 12.9. The summed E-state index contributed by atoms with van der Waals surface area (Å²) in [6.45, 7) is 3.57. The molecule has 6 heteroatoms. The van der Waals surface area contributed by atoms with E-state index in [9.17, 15) is 9.59 Å². The van der Waals surface area contributed by atoms with E-state index in [1.165, 1.54) is 6.42 Å². The minimum atomic E-state index is -0.794. The number of rotatable bonds is 7. The van der Waals surface area contributed by atoms with Gasteiger partial charge in [-0.05, 0) is 37.3 Å². The van der Waals surface area contributed by atoms with Gasteiger partial charge in [-0.1, -0.05) is 6.92 Å². The van der Waals surface area contributed by atoms with Crippen LogP contribution in [0, 0.1) is 5.92 Å². The third-order valence-corrected chi connectivity index (χ3v) is 4.47. The summed E-state index contributed by atoms with van der Waals surface area (Å²) >= 11 is 0. The molecule has 0 spiro atoms. The van der Waals surface area contributed by atoms with Gasteiger partial charge in [-0.3, -0.25) is 15.0 Å². The molecule has 0 bridgehead atoms. The third kappa shape index (κ3) is 3.88. The Balaban J connectivity index is 1.52. The van der Waals surface area contributed by atoms with Crippen molar-refractivity contribution in [3.05, 3.63) is 23.7 Å². The Morgan fingerprint density at radius 2 is 2.14 bits per heavy atom. The summed E-state index contributed by atoms with van der Waals surface area (Å²) in [6.07, 6.45) is 3.80. The molecule has 0 radical (unpaired) electrons. The van der Waals surface area contributed by atoms with Crippen LogP contribution in [0.25, 0.3) is 0 Å². The molecule has 0 saturated heterocycles. The minimum absolute atomic E-state index is 0.271. The van der Waals surface area contributed by atoms with Gasteiger partial charge >= 0.3 is 6.03 Å². The molecule has 6 nitrogen and oxygen atoms in total. The Bertz CT molecular complexity index is 565. The molecule has 2 saturated carbocycles. The first-order valence-electron chi connectivity index (χ1n) is 7.95. The summed E-state index contributed by atoms with van der Waals surface area (Å²) in [6, 6.07) is 3.85. The average Bonchev–Trinajstić information content (AvgIpc) is 3.36. The molecular formula is C16H23N3O3. The van der Waals surface area contributed by atoms with E-state index in [-0.39, 0.29) is 12.3 Å². The van der Waals surface area contributed by atoms with E-state index >= 15 is 0 Å². The maximum atomic E-state index is 11.5. The molecule has 2 fully saturated rings. The number of carbonyl (C=O) groups is 2. The van der Waals surface area contributed by atoms with Crippen molar-refractivity contribution in [2.24, 2.45) is 11.7 Å². The van der Waals surface area contributed by atoms with Crippen molar-refractivity contribution < 1.29 is 14.0 Å². The van der Waals surface area contributed by atoms with E-state index in [1.54, 1.807) is 0 Å². The number of imide groups is 1. The molecule has 1 aromatic heterocycles. The van der Waals surface area contributed by atoms with Crippen LogP contribution in [0.15, 0.2) is 16.5 Å². The SMILES string of the molecule is C[C@H]1C[C@H]1c1ccc(CN(CCC(=O)NC(N)=O)C2CC2)o1. The Labute approximate surface area is 130 Å². The van der Waals surface area contributed by atoms with Crippen molar-refractivity contribution in [1.82, 2.24) is 10.2 Å². The first-order valence-corrected chi connectivity index (χ1v) is 7.95. The number of carbonyl (C=O) groups excluding carboxylic acids is 2. The Morgan fingerprint density at radius 3 is 2.73 bits per heavy atom. The van der Waals surface area contributed by atoms with Crippen molar-refractivity contribution >= 4 is 11.9 Å². The molecule has 2 aliphatic rings. The molecule has 0 unspecified atom stereocenters. The lowest BCUT2D eigenvalue weighted by Crippen LogP contribution is -2.37. The van der Waals surface area contributed by atoms with Crippen LogP contribution in [0.2, 0.25) is 0 Å². The third-order valence-electron chi connectivity index (χ3n) is 4.47. The number of amides is 3. The second-order valence-corrected chi connectivity index (χ2v) is 6.49. The smallest absolute Gasteiger partial charge is 0.318 e. The van der Waals surface area contributed by atoms with Crippen LogP contribution < -0.4 is 11.1 Å². The second-order valence-electron chi connectivity index (χ2n) is 6.49. The van der Waals surface area contributed by atoms with Crippen LogP contribution in [-0.4, -0.2) is 29.4 Å². The summed E-state index contributed by atoms with van der Waals surface area (Å²) in [5, 5.41) is 2.10. The molecule has 3 amide bonds. The first kappa shape index (κ1) is 15.1. The average molecular weight is 305 g/mol. The summed E-state index contributed by atoms with van der Waals surface area (Å²) in [4.78, 5) is 24.4. The summed E-state index contributed by atoms with van der Waals surface area (Å²) in [7, 11) is 0. The van der Waals surface area contributed by atoms with Gasteiger partial charge in [-0.15, -0.1) is 0 Å². The van der Waals surface area contributed by atoms with Crippen LogP contribution in [0.1, 0.15) is 50.0 Å². The zero-order valence-electron chi connectivity index (χ0n) is 12.9. The second kappa shape index (κ2) is 6.12. The van der Waals surface area contributed by atoms with Crippen LogP contribution in [0.3, 0.4) is 0 Å². The van der Waals surface area contributed by atoms with E-state index in [2.05, 4.69) is 23.2 Å². The normalized spacial score (nSPS) is 23.5. The molecule has 0 aliphatic heterocycles. The number of urea groups is 1. The van der Waals surface area contributed by atoms with Crippen molar-refractivity contribution in [3.8, 4) is 0 Å². The lowest BCUT2D eigenvalue weighted by molar-refractivity contribution is -0.120. The highest BCUT2D eigenvalue weighted by Gasteiger charge is 2.37. The zero-order chi connectivity index (χ0) is 15.7. The molecule has 22 heavy (non-hydrogen) atoms. The van der Waals surface area contributed by atoms with Gasteiger partial charge in [-0.25, -0.2) is 4.79 Å². The largest absolute Gasteiger partial charge is 0.464 e. The van der Waals surface area contributed by atoms with Gasteiger partial charge in [0.2, 0.25) is 5.91 Å². The number of primary amides is 1.